The van der Waals surface area contributed by atoms with E-state index >= 15 is 0 Å². The van der Waals surface area contributed by atoms with Gasteiger partial charge in [-0.05, 0) is 25.1 Å². The molecule has 0 unspecified atom stereocenters. The van der Waals surface area contributed by atoms with Gasteiger partial charge in [0, 0.05) is 11.6 Å². The van der Waals surface area contributed by atoms with Crippen LogP contribution in [0.5, 0.6) is 5.75 Å². The summed E-state index contributed by atoms with van der Waals surface area (Å²) in [6.45, 7) is 1.47. The maximum Gasteiger partial charge on any atom is 0.573 e. The maximum absolute atomic E-state index is 13.0. The number of halogens is 4. The lowest BCUT2D eigenvalue weighted by Crippen LogP contribution is -2.17. The minimum atomic E-state index is -4.78. The number of nitrogens with two attached hydrogens (primary N) is 1. The molecule has 0 heterocycles. The third-order valence-corrected chi connectivity index (χ3v) is 1.69. The van der Waals surface area contributed by atoms with E-state index in [9.17, 15) is 17.6 Å². The van der Waals surface area contributed by atoms with Crippen LogP contribution in [0.15, 0.2) is 18.2 Å². The number of ether oxygens (including phenoxy) is 1. The molecule has 0 saturated heterocycles. The van der Waals surface area contributed by atoms with E-state index in [1.54, 1.807) is 0 Å². The van der Waals surface area contributed by atoms with Crippen molar-refractivity contribution in [3.63, 3.8) is 0 Å². The normalized spacial score (nSPS) is 13.7. The second-order valence-electron chi connectivity index (χ2n) is 3.02. The van der Waals surface area contributed by atoms with Gasteiger partial charge >= 0.3 is 6.36 Å². The van der Waals surface area contributed by atoms with Crippen LogP contribution in [0.2, 0.25) is 0 Å². The predicted molar refractivity (Wildman–Crippen MR) is 45.7 cm³/mol. The van der Waals surface area contributed by atoms with Gasteiger partial charge in [-0.2, -0.15) is 0 Å². The Balaban J connectivity index is 2.98. The lowest BCUT2D eigenvalue weighted by atomic mass is 10.1. The molecule has 0 bridgehead atoms. The molecular formula is C9H9F4NO. The SMILES string of the molecule is C[C@@H](N)c1cc(OC(F)(F)F)ccc1F. The van der Waals surface area contributed by atoms with E-state index in [0.717, 1.165) is 18.2 Å². The van der Waals surface area contributed by atoms with Gasteiger partial charge in [0.25, 0.3) is 0 Å². The molecule has 1 aromatic carbocycles. The fourth-order valence-electron chi connectivity index (χ4n) is 1.07. The molecule has 2 nitrogen and oxygen atoms in total. The fourth-order valence-corrected chi connectivity index (χ4v) is 1.07. The molecule has 0 aliphatic carbocycles. The van der Waals surface area contributed by atoms with Gasteiger partial charge in [-0.15, -0.1) is 13.2 Å². The van der Waals surface area contributed by atoms with Crippen molar-refractivity contribution in [1.29, 1.82) is 0 Å². The first-order chi connectivity index (χ1) is 6.79. The lowest BCUT2D eigenvalue weighted by molar-refractivity contribution is -0.274. The third-order valence-electron chi connectivity index (χ3n) is 1.69. The monoisotopic (exact) mass is 223 g/mol. The smallest absolute Gasteiger partial charge is 0.406 e. The largest absolute Gasteiger partial charge is 0.573 e. The van der Waals surface area contributed by atoms with Crippen LogP contribution in [0.1, 0.15) is 18.5 Å². The van der Waals surface area contributed by atoms with Crippen LogP contribution in [-0.2, 0) is 0 Å². The molecule has 1 aromatic rings. The Morgan fingerprint density at radius 1 is 1.33 bits per heavy atom. The average molecular weight is 223 g/mol. The number of alkyl halides is 3. The van der Waals surface area contributed by atoms with E-state index in [1.807, 2.05) is 0 Å². The van der Waals surface area contributed by atoms with E-state index in [-0.39, 0.29) is 5.56 Å². The summed E-state index contributed by atoms with van der Waals surface area (Å²) in [4.78, 5) is 0. The van der Waals surface area contributed by atoms with Crippen LogP contribution in [0, 0.1) is 5.82 Å². The fraction of sp³-hybridized carbons (Fsp3) is 0.333. The molecule has 84 valence electrons. The first-order valence-electron chi connectivity index (χ1n) is 4.10. The van der Waals surface area contributed by atoms with E-state index in [4.69, 9.17) is 5.73 Å². The highest BCUT2D eigenvalue weighted by Gasteiger charge is 2.31. The van der Waals surface area contributed by atoms with Crippen molar-refractivity contribution in [3.8, 4) is 5.75 Å². The molecule has 0 amide bonds. The molecule has 0 spiro atoms. The minimum Gasteiger partial charge on any atom is -0.406 e. The Labute approximate surface area is 83.6 Å². The summed E-state index contributed by atoms with van der Waals surface area (Å²) in [7, 11) is 0. The Kier molecular flexibility index (Phi) is 3.18. The summed E-state index contributed by atoms with van der Waals surface area (Å²) in [5, 5.41) is 0. The van der Waals surface area contributed by atoms with Gasteiger partial charge in [-0.25, -0.2) is 4.39 Å². The molecular weight excluding hydrogens is 214 g/mol. The topological polar surface area (TPSA) is 35.2 Å². The first kappa shape index (κ1) is 11.8. The number of hydrogen-bond donors (Lipinski definition) is 1. The van der Waals surface area contributed by atoms with Gasteiger partial charge in [0.15, 0.2) is 0 Å². The van der Waals surface area contributed by atoms with Crippen molar-refractivity contribution in [3.05, 3.63) is 29.6 Å². The van der Waals surface area contributed by atoms with Gasteiger partial charge in [0.2, 0.25) is 0 Å². The maximum atomic E-state index is 13.0. The third kappa shape index (κ3) is 3.39. The van der Waals surface area contributed by atoms with Crippen molar-refractivity contribution in [2.45, 2.75) is 19.3 Å². The summed E-state index contributed by atoms with van der Waals surface area (Å²) < 4.78 is 52.1. The van der Waals surface area contributed by atoms with Crippen LogP contribution >= 0.6 is 0 Å². The predicted octanol–water partition coefficient (Wildman–Crippen LogP) is 2.74. The van der Waals surface area contributed by atoms with Crippen molar-refractivity contribution in [1.82, 2.24) is 0 Å². The number of hydrogen-bond acceptors (Lipinski definition) is 2. The zero-order valence-electron chi connectivity index (χ0n) is 7.81. The lowest BCUT2D eigenvalue weighted by Gasteiger charge is -2.12. The number of rotatable bonds is 2. The number of benzene rings is 1. The Morgan fingerprint density at radius 2 is 1.93 bits per heavy atom. The summed E-state index contributed by atoms with van der Waals surface area (Å²) in [5.41, 5.74) is 5.35. The van der Waals surface area contributed by atoms with Crippen molar-refractivity contribution in [2.24, 2.45) is 5.73 Å². The van der Waals surface area contributed by atoms with Crippen molar-refractivity contribution < 1.29 is 22.3 Å². The highest BCUT2D eigenvalue weighted by molar-refractivity contribution is 5.31. The van der Waals surface area contributed by atoms with Gasteiger partial charge in [0.05, 0.1) is 0 Å². The zero-order chi connectivity index (χ0) is 11.6. The molecule has 0 aliphatic rings. The molecule has 1 rings (SSSR count). The van der Waals surface area contributed by atoms with Crippen molar-refractivity contribution >= 4 is 0 Å². The molecule has 0 fully saturated rings. The molecule has 6 heteroatoms. The molecule has 0 aliphatic heterocycles. The highest BCUT2D eigenvalue weighted by Crippen LogP contribution is 2.26. The van der Waals surface area contributed by atoms with Crippen LogP contribution < -0.4 is 10.5 Å². The average Bonchev–Trinajstić information content (AvgIpc) is 2.05. The second kappa shape index (κ2) is 4.06. The summed E-state index contributed by atoms with van der Waals surface area (Å²) in [5.74, 6) is -1.13. The van der Waals surface area contributed by atoms with Crippen LogP contribution in [-0.4, -0.2) is 6.36 Å². The second-order valence-corrected chi connectivity index (χ2v) is 3.02. The van der Waals surface area contributed by atoms with E-state index < -0.39 is 24.0 Å². The minimum absolute atomic E-state index is 0.0169. The van der Waals surface area contributed by atoms with Crippen molar-refractivity contribution in [2.75, 3.05) is 0 Å². The van der Waals surface area contributed by atoms with E-state index in [1.165, 1.54) is 6.92 Å². The molecule has 2 N–H and O–H groups in total. The van der Waals surface area contributed by atoms with E-state index in [0.29, 0.717) is 0 Å². The quantitative estimate of drug-likeness (QED) is 0.782. The molecule has 0 aromatic heterocycles. The zero-order valence-corrected chi connectivity index (χ0v) is 7.81. The standard InChI is InChI=1S/C9H9F4NO/c1-5(14)7-4-6(2-3-8(7)10)15-9(11,12)13/h2-5H,14H2,1H3/t5-/m1/s1. The van der Waals surface area contributed by atoms with Gasteiger partial charge in [-0.1, -0.05) is 0 Å². The van der Waals surface area contributed by atoms with Crippen LogP contribution in [0.4, 0.5) is 17.6 Å². The van der Waals surface area contributed by atoms with Crippen LogP contribution in [0.25, 0.3) is 0 Å². The van der Waals surface area contributed by atoms with Crippen LogP contribution in [0.3, 0.4) is 0 Å². The van der Waals surface area contributed by atoms with E-state index in [2.05, 4.69) is 4.74 Å². The first-order valence-corrected chi connectivity index (χ1v) is 4.10. The summed E-state index contributed by atoms with van der Waals surface area (Å²) >= 11 is 0. The molecule has 0 radical (unpaired) electrons. The molecule has 15 heavy (non-hydrogen) atoms. The summed E-state index contributed by atoms with van der Waals surface area (Å²) in [6, 6.07) is 2.03. The highest BCUT2D eigenvalue weighted by atomic mass is 19.4. The van der Waals surface area contributed by atoms with Gasteiger partial charge in [0.1, 0.15) is 11.6 Å². The Bertz CT molecular complexity index is 348. The molecule has 1 atom stereocenters. The summed E-state index contributed by atoms with van der Waals surface area (Å²) in [6.07, 6.45) is -4.78. The van der Waals surface area contributed by atoms with Gasteiger partial charge in [-0.3, -0.25) is 0 Å². The van der Waals surface area contributed by atoms with Gasteiger partial charge < -0.3 is 10.5 Å². The Hall–Kier alpha value is -1.30. The molecule has 0 saturated carbocycles. The Morgan fingerprint density at radius 3 is 2.40 bits per heavy atom.